The van der Waals surface area contributed by atoms with Crippen molar-refractivity contribution in [3.63, 3.8) is 0 Å². The minimum atomic E-state index is 0.0796. The van der Waals surface area contributed by atoms with Gasteiger partial charge in [0.2, 0.25) is 0 Å². The monoisotopic (exact) mass is 318 g/mol. The maximum atomic E-state index is 7.33. The lowest BCUT2D eigenvalue weighted by atomic mass is 10.1. The molecule has 2 aromatic carbocycles. The first-order valence-corrected chi connectivity index (χ1v) is 6.68. The Morgan fingerprint density at radius 3 is 2.47 bits per heavy atom. The summed E-state index contributed by atoms with van der Waals surface area (Å²) in [6, 6.07) is 13.4. The lowest BCUT2D eigenvalue weighted by Gasteiger charge is -2.08. The van der Waals surface area contributed by atoms with Crippen LogP contribution in [0.5, 0.6) is 5.75 Å². The van der Waals surface area contributed by atoms with Crippen molar-refractivity contribution in [3.05, 3.63) is 63.6 Å². The van der Waals surface area contributed by atoms with E-state index < -0.39 is 0 Å². The zero-order chi connectivity index (χ0) is 13.8. The van der Waals surface area contributed by atoms with E-state index in [4.69, 9.17) is 15.9 Å². The summed E-state index contributed by atoms with van der Waals surface area (Å²) >= 11 is 3.46. The normalized spacial score (nSPS) is 10.2. The van der Waals surface area contributed by atoms with Gasteiger partial charge < -0.3 is 10.5 Å². The molecule has 0 aliphatic heterocycles. The molecular formula is C15H15BrN2O. The molecular weight excluding hydrogens is 304 g/mol. The van der Waals surface area contributed by atoms with E-state index >= 15 is 0 Å². The number of aryl methyl sites for hydroxylation is 1. The van der Waals surface area contributed by atoms with E-state index in [1.807, 2.05) is 49.4 Å². The molecule has 0 amide bonds. The molecule has 0 aliphatic carbocycles. The third-order valence-electron chi connectivity index (χ3n) is 2.80. The van der Waals surface area contributed by atoms with Crippen molar-refractivity contribution < 1.29 is 4.74 Å². The van der Waals surface area contributed by atoms with Gasteiger partial charge in [-0.1, -0.05) is 40.2 Å². The summed E-state index contributed by atoms with van der Waals surface area (Å²) in [5.74, 6) is 0.923. The van der Waals surface area contributed by atoms with Crippen molar-refractivity contribution in [2.24, 2.45) is 5.73 Å². The number of halogens is 1. The quantitative estimate of drug-likeness (QED) is 0.668. The van der Waals surface area contributed by atoms with Crippen molar-refractivity contribution in [1.29, 1.82) is 5.41 Å². The van der Waals surface area contributed by atoms with Gasteiger partial charge in [-0.2, -0.15) is 0 Å². The molecule has 0 bridgehead atoms. The second kappa shape index (κ2) is 5.89. The van der Waals surface area contributed by atoms with Gasteiger partial charge in [0.05, 0.1) is 0 Å². The molecule has 0 saturated carbocycles. The van der Waals surface area contributed by atoms with Crippen molar-refractivity contribution in [3.8, 4) is 5.75 Å². The lowest BCUT2D eigenvalue weighted by molar-refractivity contribution is 0.306. The van der Waals surface area contributed by atoms with Crippen molar-refractivity contribution in [2.45, 2.75) is 13.5 Å². The number of ether oxygens (including phenoxy) is 1. The highest BCUT2D eigenvalue weighted by Crippen LogP contribution is 2.22. The second-order valence-corrected chi connectivity index (χ2v) is 5.16. The molecule has 3 nitrogen and oxygen atoms in total. The molecule has 4 heteroatoms. The molecule has 0 fully saturated rings. The molecule has 3 N–H and O–H groups in total. The predicted octanol–water partition coefficient (Wildman–Crippen LogP) is 3.62. The van der Waals surface area contributed by atoms with Gasteiger partial charge in [0.25, 0.3) is 0 Å². The Balaban J connectivity index is 2.01. The van der Waals surface area contributed by atoms with Crippen LogP contribution in [0.1, 0.15) is 16.7 Å². The molecule has 0 atom stereocenters. The molecule has 0 unspecified atom stereocenters. The highest BCUT2D eigenvalue weighted by Gasteiger charge is 2.00. The summed E-state index contributed by atoms with van der Waals surface area (Å²) in [6.07, 6.45) is 0. The SMILES string of the molecule is Cc1cc(OCc2ccc(C(=N)N)cc2)ccc1Br. The average molecular weight is 319 g/mol. The molecule has 0 heterocycles. The zero-order valence-electron chi connectivity index (χ0n) is 10.6. The predicted molar refractivity (Wildman–Crippen MR) is 80.7 cm³/mol. The Labute approximate surface area is 121 Å². The zero-order valence-corrected chi connectivity index (χ0v) is 12.2. The number of nitrogen functional groups attached to an aromatic ring is 1. The first kappa shape index (κ1) is 13.6. The van der Waals surface area contributed by atoms with Crippen LogP contribution in [0.15, 0.2) is 46.9 Å². The standard InChI is InChI=1S/C15H15BrN2O/c1-10-8-13(6-7-14(10)16)19-9-11-2-4-12(5-3-11)15(17)18/h2-8H,9H2,1H3,(H3,17,18). The Kier molecular flexibility index (Phi) is 4.22. The van der Waals surface area contributed by atoms with Gasteiger partial charge in [0.15, 0.2) is 0 Å². The number of nitrogens with one attached hydrogen (secondary N) is 1. The summed E-state index contributed by atoms with van der Waals surface area (Å²) in [5.41, 5.74) is 8.32. The van der Waals surface area contributed by atoms with E-state index in [0.29, 0.717) is 6.61 Å². The Morgan fingerprint density at radius 1 is 1.21 bits per heavy atom. The third-order valence-corrected chi connectivity index (χ3v) is 3.69. The van der Waals surface area contributed by atoms with Crippen molar-refractivity contribution >= 4 is 21.8 Å². The topological polar surface area (TPSA) is 59.1 Å². The highest BCUT2D eigenvalue weighted by atomic mass is 79.9. The molecule has 0 aliphatic rings. The van der Waals surface area contributed by atoms with Gasteiger partial charge >= 0.3 is 0 Å². The fraction of sp³-hybridized carbons (Fsp3) is 0.133. The highest BCUT2D eigenvalue weighted by molar-refractivity contribution is 9.10. The van der Waals surface area contributed by atoms with Gasteiger partial charge in [0, 0.05) is 10.0 Å². The van der Waals surface area contributed by atoms with Gasteiger partial charge in [-0.3, -0.25) is 5.41 Å². The van der Waals surface area contributed by atoms with Crippen LogP contribution in [0.2, 0.25) is 0 Å². The molecule has 2 rings (SSSR count). The summed E-state index contributed by atoms with van der Waals surface area (Å²) in [5, 5.41) is 7.33. The molecule has 0 spiro atoms. The van der Waals surface area contributed by atoms with E-state index in [0.717, 1.165) is 26.9 Å². The largest absolute Gasteiger partial charge is 0.489 e. The van der Waals surface area contributed by atoms with Crippen molar-refractivity contribution in [1.82, 2.24) is 0 Å². The van der Waals surface area contributed by atoms with Crippen LogP contribution in [0.4, 0.5) is 0 Å². The van der Waals surface area contributed by atoms with E-state index in [1.165, 1.54) is 0 Å². The second-order valence-electron chi connectivity index (χ2n) is 4.31. The first-order valence-electron chi connectivity index (χ1n) is 5.88. The summed E-state index contributed by atoms with van der Waals surface area (Å²) in [6.45, 7) is 2.53. The number of hydrogen-bond donors (Lipinski definition) is 2. The fourth-order valence-corrected chi connectivity index (χ4v) is 1.90. The van der Waals surface area contributed by atoms with Gasteiger partial charge in [-0.05, 0) is 36.2 Å². The minimum absolute atomic E-state index is 0.0796. The van der Waals surface area contributed by atoms with Crippen LogP contribution in [-0.2, 0) is 6.61 Å². The number of hydrogen-bond acceptors (Lipinski definition) is 2. The number of rotatable bonds is 4. The average Bonchev–Trinajstić information content (AvgIpc) is 2.40. The van der Waals surface area contributed by atoms with Gasteiger partial charge in [0.1, 0.15) is 18.2 Å². The third kappa shape index (κ3) is 3.58. The number of amidine groups is 1. The Hall–Kier alpha value is -1.81. The Morgan fingerprint density at radius 2 is 1.89 bits per heavy atom. The molecule has 98 valence electrons. The molecule has 2 aromatic rings. The molecule has 19 heavy (non-hydrogen) atoms. The van der Waals surface area contributed by atoms with Crippen LogP contribution in [0.3, 0.4) is 0 Å². The van der Waals surface area contributed by atoms with Crippen LogP contribution >= 0.6 is 15.9 Å². The number of benzene rings is 2. The van der Waals surface area contributed by atoms with Gasteiger partial charge in [-0.25, -0.2) is 0 Å². The lowest BCUT2D eigenvalue weighted by Crippen LogP contribution is -2.10. The summed E-state index contributed by atoms with van der Waals surface area (Å²) < 4.78 is 6.80. The molecule has 0 radical (unpaired) electrons. The Bertz CT molecular complexity index is 594. The first-order chi connectivity index (χ1) is 9.06. The van der Waals surface area contributed by atoms with Crippen LogP contribution in [0.25, 0.3) is 0 Å². The van der Waals surface area contributed by atoms with E-state index in [9.17, 15) is 0 Å². The molecule has 0 saturated heterocycles. The smallest absolute Gasteiger partial charge is 0.122 e. The summed E-state index contributed by atoms with van der Waals surface area (Å²) in [4.78, 5) is 0. The molecule has 0 aromatic heterocycles. The maximum Gasteiger partial charge on any atom is 0.122 e. The van der Waals surface area contributed by atoms with Crippen LogP contribution < -0.4 is 10.5 Å². The van der Waals surface area contributed by atoms with Crippen molar-refractivity contribution in [2.75, 3.05) is 0 Å². The van der Waals surface area contributed by atoms with E-state index in [-0.39, 0.29) is 5.84 Å². The maximum absolute atomic E-state index is 7.33. The van der Waals surface area contributed by atoms with E-state index in [2.05, 4.69) is 15.9 Å². The minimum Gasteiger partial charge on any atom is -0.489 e. The van der Waals surface area contributed by atoms with Gasteiger partial charge in [-0.15, -0.1) is 0 Å². The fourth-order valence-electron chi connectivity index (χ4n) is 1.65. The number of nitrogens with two attached hydrogens (primary N) is 1. The summed E-state index contributed by atoms with van der Waals surface area (Å²) in [7, 11) is 0. The van der Waals surface area contributed by atoms with E-state index in [1.54, 1.807) is 0 Å². The van der Waals surface area contributed by atoms with Crippen LogP contribution in [0, 0.1) is 12.3 Å². The van der Waals surface area contributed by atoms with Crippen LogP contribution in [-0.4, -0.2) is 5.84 Å².